The van der Waals surface area contributed by atoms with Gasteiger partial charge in [-0.05, 0) is 41.5 Å². The molecule has 2 amide bonds. The summed E-state index contributed by atoms with van der Waals surface area (Å²) >= 11 is 12.2. The third-order valence-electron chi connectivity index (χ3n) is 6.65. The van der Waals surface area contributed by atoms with Gasteiger partial charge in [-0.3, -0.25) is 19.4 Å². The zero-order valence-electron chi connectivity index (χ0n) is 18.6. The van der Waals surface area contributed by atoms with Crippen LogP contribution in [0.5, 0.6) is 0 Å². The average Bonchev–Trinajstić information content (AvgIpc) is 3.15. The van der Waals surface area contributed by atoms with Crippen LogP contribution in [0.15, 0.2) is 78.9 Å². The standard InChI is InChI=1S/C27H25Cl2N3O2/c28-21-11-9-20(10-12-21)26(19-5-2-1-3-6-19)31-15-13-30(14-16-31)24-18-25(33)32(27(24)34)23-8-4-7-22(29)17-23/h1-12,17,24,26H,13-16,18H2/t24-,26-/m1/s1. The van der Waals surface area contributed by atoms with Gasteiger partial charge >= 0.3 is 0 Å². The topological polar surface area (TPSA) is 43.9 Å². The highest BCUT2D eigenvalue weighted by atomic mass is 35.5. The summed E-state index contributed by atoms with van der Waals surface area (Å²) in [7, 11) is 0. The Balaban J connectivity index is 1.32. The second-order valence-electron chi connectivity index (χ2n) is 8.70. The molecular weight excluding hydrogens is 469 g/mol. The minimum Gasteiger partial charge on any atom is -0.290 e. The van der Waals surface area contributed by atoms with Crippen molar-refractivity contribution >= 4 is 40.7 Å². The lowest BCUT2D eigenvalue weighted by molar-refractivity contribution is -0.123. The SMILES string of the molecule is O=C1C[C@@H](N2CCN([C@H](c3ccccc3)c3ccc(Cl)cc3)CC2)C(=O)N1c1cccc(Cl)c1. The quantitative estimate of drug-likeness (QED) is 0.467. The molecule has 0 unspecified atom stereocenters. The Hall–Kier alpha value is -2.70. The summed E-state index contributed by atoms with van der Waals surface area (Å²) in [4.78, 5) is 31.8. The molecule has 2 heterocycles. The van der Waals surface area contributed by atoms with Crippen LogP contribution < -0.4 is 4.90 Å². The minimum atomic E-state index is -0.431. The van der Waals surface area contributed by atoms with Gasteiger partial charge in [-0.1, -0.05) is 71.7 Å². The van der Waals surface area contributed by atoms with Gasteiger partial charge in [0.05, 0.1) is 24.2 Å². The van der Waals surface area contributed by atoms with E-state index in [0.29, 0.717) is 28.8 Å². The van der Waals surface area contributed by atoms with Gasteiger partial charge in [0.25, 0.3) is 5.91 Å². The van der Waals surface area contributed by atoms with Crippen LogP contribution in [0.1, 0.15) is 23.6 Å². The molecule has 34 heavy (non-hydrogen) atoms. The first-order valence-corrected chi connectivity index (χ1v) is 12.2. The molecule has 0 spiro atoms. The van der Waals surface area contributed by atoms with E-state index in [0.717, 1.165) is 13.1 Å². The van der Waals surface area contributed by atoms with E-state index >= 15 is 0 Å². The van der Waals surface area contributed by atoms with Crippen molar-refractivity contribution in [1.82, 2.24) is 9.80 Å². The van der Waals surface area contributed by atoms with E-state index in [1.165, 1.54) is 16.0 Å². The van der Waals surface area contributed by atoms with Gasteiger partial charge in [0.2, 0.25) is 5.91 Å². The maximum atomic E-state index is 13.2. The van der Waals surface area contributed by atoms with E-state index in [-0.39, 0.29) is 24.3 Å². The summed E-state index contributed by atoms with van der Waals surface area (Å²) in [6.45, 7) is 3.00. The first kappa shape index (κ1) is 23.1. The molecule has 5 nitrogen and oxygen atoms in total. The number of hydrogen-bond donors (Lipinski definition) is 0. The fourth-order valence-electron chi connectivity index (χ4n) is 4.99. The van der Waals surface area contributed by atoms with Gasteiger partial charge in [-0.15, -0.1) is 0 Å². The fourth-order valence-corrected chi connectivity index (χ4v) is 5.30. The van der Waals surface area contributed by atoms with Crippen LogP contribution in [0.2, 0.25) is 10.0 Å². The monoisotopic (exact) mass is 493 g/mol. The Morgan fingerprint density at radius 3 is 2.09 bits per heavy atom. The normalized spacial score (nSPS) is 20.6. The Labute approximate surface area is 209 Å². The van der Waals surface area contributed by atoms with Gasteiger partial charge in [0, 0.05) is 36.2 Å². The molecule has 2 fully saturated rings. The van der Waals surface area contributed by atoms with E-state index in [1.54, 1.807) is 24.3 Å². The summed E-state index contributed by atoms with van der Waals surface area (Å²) in [5.74, 6) is -0.346. The predicted octanol–water partition coefficient (Wildman–Crippen LogP) is 5.03. The molecule has 7 heteroatoms. The molecule has 0 aliphatic carbocycles. The van der Waals surface area contributed by atoms with Crippen molar-refractivity contribution < 1.29 is 9.59 Å². The highest BCUT2D eigenvalue weighted by Gasteiger charge is 2.43. The Morgan fingerprint density at radius 1 is 0.735 bits per heavy atom. The van der Waals surface area contributed by atoms with Crippen LogP contribution in [0.25, 0.3) is 0 Å². The molecule has 0 radical (unpaired) electrons. The molecule has 5 rings (SSSR count). The zero-order valence-corrected chi connectivity index (χ0v) is 20.1. The van der Waals surface area contributed by atoms with Gasteiger partial charge in [0.15, 0.2) is 0 Å². The number of halogens is 2. The highest BCUT2D eigenvalue weighted by molar-refractivity contribution is 6.31. The number of carbonyl (C=O) groups excluding carboxylic acids is 2. The molecule has 3 aromatic rings. The lowest BCUT2D eigenvalue weighted by Crippen LogP contribution is -2.53. The second-order valence-corrected chi connectivity index (χ2v) is 9.58. The number of hydrogen-bond acceptors (Lipinski definition) is 4. The lowest BCUT2D eigenvalue weighted by Gasteiger charge is -2.41. The number of amides is 2. The van der Waals surface area contributed by atoms with Crippen molar-refractivity contribution in [3.63, 3.8) is 0 Å². The van der Waals surface area contributed by atoms with Crippen LogP contribution in [0.4, 0.5) is 5.69 Å². The van der Waals surface area contributed by atoms with Crippen LogP contribution in [0, 0.1) is 0 Å². The molecule has 0 saturated carbocycles. The van der Waals surface area contributed by atoms with Crippen LogP contribution >= 0.6 is 23.2 Å². The molecule has 0 bridgehead atoms. The molecule has 2 aliphatic heterocycles. The van der Waals surface area contributed by atoms with E-state index in [2.05, 4.69) is 46.2 Å². The van der Waals surface area contributed by atoms with E-state index < -0.39 is 6.04 Å². The summed E-state index contributed by atoms with van der Waals surface area (Å²) < 4.78 is 0. The third kappa shape index (κ3) is 4.62. The van der Waals surface area contributed by atoms with Crippen molar-refractivity contribution in [3.8, 4) is 0 Å². The third-order valence-corrected chi connectivity index (χ3v) is 7.13. The number of piperazine rings is 1. The second kappa shape index (κ2) is 9.88. The summed E-state index contributed by atoms with van der Waals surface area (Å²) in [6.07, 6.45) is 0.199. The largest absolute Gasteiger partial charge is 0.290 e. The maximum Gasteiger partial charge on any atom is 0.251 e. The molecule has 0 aromatic heterocycles. The lowest BCUT2D eigenvalue weighted by atomic mass is 9.96. The first-order valence-electron chi connectivity index (χ1n) is 11.4. The molecule has 2 atom stereocenters. The fraction of sp³-hybridized carbons (Fsp3) is 0.259. The summed E-state index contributed by atoms with van der Waals surface area (Å²) in [5, 5.41) is 1.22. The molecule has 0 N–H and O–H groups in total. The van der Waals surface area contributed by atoms with Crippen molar-refractivity contribution in [2.45, 2.75) is 18.5 Å². The summed E-state index contributed by atoms with van der Waals surface area (Å²) in [6, 6.07) is 25.0. The first-order chi connectivity index (χ1) is 16.5. The predicted molar refractivity (Wildman–Crippen MR) is 135 cm³/mol. The van der Waals surface area contributed by atoms with E-state index in [9.17, 15) is 9.59 Å². The van der Waals surface area contributed by atoms with E-state index in [1.807, 2.05) is 18.2 Å². The minimum absolute atomic E-state index is 0.101. The van der Waals surface area contributed by atoms with Crippen molar-refractivity contribution in [2.75, 3.05) is 31.1 Å². The molecular formula is C27H25Cl2N3O2. The highest BCUT2D eigenvalue weighted by Crippen LogP contribution is 2.32. The molecule has 2 saturated heterocycles. The molecule has 174 valence electrons. The number of anilines is 1. The number of nitrogens with zero attached hydrogens (tertiary/aromatic N) is 3. The summed E-state index contributed by atoms with van der Waals surface area (Å²) in [5.41, 5.74) is 2.94. The van der Waals surface area contributed by atoms with Crippen molar-refractivity contribution in [2.24, 2.45) is 0 Å². The Bertz CT molecular complexity index is 1180. The average molecular weight is 494 g/mol. The van der Waals surface area contributed by atoms with Gasteiger partial charge in [-0.25, -0.2) is 4.90 Å². The van der Waals surface area contributed by atoms with Gasteiger partial charge in [-0.2, -0.15) is 0 Å². The number of benzene rings is 3. The molecule has 2 aliphatic rings. The molecule has 3 aromatic carbocycles. The van der Waals surface area contributed by atoms with Gasteiger partial charge < -0.3 is 0 Å². The van der Waals surface area contributed by atoms with Crippen LogP contribution in [-0.2, 0) is 9.59 Å². The van der Waals surface area contributed by atoms with E-state index in [4.69, 9.17) is 23.2 Å². The van der Waals surface area contributed by atoms with Crippen molar-refractivity contribution in [3.05, 3.63) is 100 Å². The Kier molecular flexibility index (Phi) is 6.70. The van der Waals surface area contributed by atoms with Crippen molar-refractivity contribution in [1.29, 1.82) is 0 Å². The Morgan fingerprint density at radius 2 is 1.41 bits per heavy atom. The number of rotatable bonds is 5. The zero-order chi connectivity index (χ0) is 23.7. The number of imide groups is 1. The number of carbonyl (C=O) groups is 2. The van der Waals surface area contributed by atoms with Crippen LogP contribution in [-0.4, -0.2) is 53.8 Å². The van der Waals surface area contributed by atoms with Gasteiger partial charge in [0.1, 0.15) is 0 Å². The maximum absolute atomic E-state index is 13.2. The van der Waals surface area contributed by atoms with Crippen LogP contribution in [0.3, 0.4) is 0 Å². The smallest absolute Gasteiger partial charge is 0.251 e.